The van der Waals surface area contributed by atoms with Crippen LogP contribution in [0.5, 0.6) is 11.5 Å². The average molecular weight is 445 g/mol. The number of hydrogen-bond donors (Lipinski definition) is 1. The number of fused-ring (bicyclic) bond motifs is 1. The smallest absolute Gasteiger partial charge is 0.451 e. The van der Waals surface area contributed by atoms with Crippen molar-refractivity contribution >= 4 is 23.6 Å². The van der Waals surface area contributed by atoms with Crippen molar-refractivity contribution in [2.75, 3.05) is 11.9 Å². The minimum absolute atomic E-state index is 0.144. The summed E-state index contributed by atoms with van der Waals surface area (Å²) < 4.78 is 41.7. The molecule has 10 heteroatoms. The van der Waals surface area contributed by atoms with Crippen molar-refractivity contribution in [3.63, 3.8) is 0 Å². The van der Waals surface area contributed by atoms with Crippen LogP contribution in [0.1, 0.15) is 30.3 Å². The van der Waals surface area contributed by atoms with Crippen molar-refractivity contribution in [2.45, 2.75) is 40.0 Å². The molecule has 0 fully saturated rings. The third-order valence-electron chi connectivity index (χ3n) is 4.72. The normalized spacial score (nSPS) is 14.1. The second kappa shape index (κ2) is 9.09. The predicted octanol–water partition coefficient (Wildman–Crippen LogP) is 3.93. The van der Waals surface area contributed by atoms with E-state index in [1.807, 2.05) is 19.9 Å². The van der Waals surface area contributed by atoms with Crippen LogP contribution in [0.25, 0.3) is 6.08 Å². The summed E-state index contributed by atoms with van der Waals surface area (Å²) in [6, 6.07) is 7.35. The summed E-state index contributed by atoms with van der Waals surface area (Å²) in [7, 11) is 0. The van der Waals surface area contributed by atoms with Gasteiger partial charge in [0.05, 0.1) is 0 Å². The van der Waals surface area contributed by atoms with Crippen LogP contribution >= 0.6 is 0 Å². The van der Waals surface area contributed by atoms with E-state index in [4.69, 9.17) is 4.74 Å². The molecule has 0 saturated carbocycles. The number of aromatic nitrogens is 1. The maximum Gasteiger partial charge on any atom is 0.586 e. The largest absolute Gasteiger partial charge is 0.586 e. The van der Waals surface area contributed by atoms with Crippen LogP contribution in [-0.4, -0.2) is 29.3 Å². The van der Waals surface area contributed by atoms with Gasteiger partial charge in [0, 0.05) is 29.7 Å². The first-order chi connectivity index (χ1) is 15.1. The van der Waals surface area contributed by atoms with Gasteiger partial charge in [-0.2, -0.15) is 5.26 Å². The van der Waals surface area contributed by atoms with E-state index < -0.39 is 24.8 Å². The van der Waals surface area contributed by atoms with Crippen LogP contribution in [0.3, 0.4) is 0 Å². The zero-order valence-corrected chi connectivity index (χ0v) is 17.7. The molecule has 2 aromatic rings. The molecule has 32 heavy (non-hydrogen) atoms. The third-order valence-corrected chi connectivity index (χ3v) is 4.72. The standard InChI is InChI=1S/C22H21F2N3O5/c1-4-7-27-13(2)8-15(14(27)3)9-16(11-25)21(29)30-12-20(28)26-17-5-6-18-19(10-17)32-22(23,24)31-18/h5-6,8-10H,4,7,12H2,1-3H3,(H,26,28). The number of rotatable bonds is 7. The predicted molar refractivity (Wildman–Crippen MR) is 110 cm³/mol. The molecule has 1 amide bonds. The summed E-state index contributed by atoms with van der Waals surface area (Å²) in [5, 5.41) is 11.7. The van der Waals surface area contributed by atoms with Gasteiger partial charge in [0.25, 0.3) is 5.91 Å². The molecule has 3 rings (SSSR count). The summed E-state index contributed by atoms with van der Waals surface area (Å²) in [5.74, 6) is -2.07. The molecule has 0 bridgehead atoms. The highest BCUT2D eigenvalue weighted by atomic mass is 19.3. The number of hydrogen-bond acceptors (Lipinski definition) is 6. The number of nitrogens with one attached hydrogen (secondary N) is 1. The van der Waals surface area contributed by atoms with Gasteiger partial charge in [-0.3, -0.25) is 4.79 Å². The van der Waals surface area contributed by atoms with E-state index in [2.05, 4.69) is 26.3 Å². The second-order valence-corrected chi connectivity index (χ2v) is 7.10. The fourth-order valence-corrected chi connectivity index (χ4v) is 3.27. The van der Waals surface area contributed by atoms with Crippen LogP contribution in [0.15, 0.2) is 29.8 Å². The molecule has 8 nitrogen and oxygen atoms in total. The summed E-state index contributed by atoms with van der Waals surface area (Å²) in [6.07, 6.45) is -1.41. The number of amides is 1. The monoisotopic (exact) mass is 445 g/mol. The van der Waals surface area contributed by atoms with E-state index in [1.165, 1.54) is 18.2 Å². The van der Waals surface area contributed by atoms with Gasteiger partial charge in [0.1, 0.15) is 11.6 Å². The number of carbonyl (C=O) groups is 2. The molecule has 2 heterocycles. The van der Waals surface area contributed by atoms with Crippen LogP contribution in [0.2, 0.25) is 0 Å². The number of ether oxygens (including phenoxy) is 3. The molecular weight excluding hydrogens is 424 g/mol. The van der Waals surface area contributed by atoms with Gasteiger partial charge in [-0.25, -0.2) is 4.79 Å². The minimum Gasteiger partial charge on any atom is -0.451 e. The van der Waals surface area contributed by atoms with E-state index in [0.717, 1.165) is 30.4 Å². The molecule has 0 unspecified atom stereocenters. The van der Waals surface area contributed by atoms with Crippen LogP contribution in [0.4, 0.5) is 14.5 Å². The Kier molecular flexibility index (Phi) is 6.48. The number of nitriles is 1. The Morgan fingerprint density at radius 2 is 1.97 bits per heavy atom. The number of anilines is 1. The maximum absolute atomic E-state index is 13.1. The van der Waals surface area contributed by atoms with Crippen LogP contribution in [0, 0.1) is 25.2 Å². The Morgan fingerprint density at radius 3 is 2.66 bits per heavy atom. The first-order valence-corrected chi connectivity index (χ1v) is 9.79. The molecular formula is C22H21F2N3O5. The van der Waals surface area contributed by atoms with Gasteiger partial charge in [0.2, 0.25) is 0 Å². The number of nitrogens with zero attached hydrogens (tertiary/aromatic N) is 2. The van der Waals surface area contributed by atoms with Gasteiger partial charge >= 0.3 is 12.3 Å². The van der Waals surface area contributed by atoms with Crippen molar-refractivity contribution in [1.82, 2.24) is 4.57 Å². The van der Waals surface area contributed by atoms with Crippen molar-refractivity contribution in [2.24, 2.45) is 0 Å². The third kappa shape index (κ3) is 5.06. The molecule has 1 aliphatic heterocycles. The summed E-state index contributed by atoms with van der Waals surface area (Å²) in [6.45, 7) is 6.03. The first-order valence-electron chi connectivity index (χ1n) is 9.79. The van der Waals surface area contributed by atoms with Gasteiger partial charge in [-0.15, -0.1) is 8.78 Å². The molecule has 168 valence electrons. The Bertz CT molecular complexity index is 1130. The zero-order valence-electron chi connectivity index (χ0n) is 17.7. The van der Waals surface area contributed by atoms with E-state index >= 15 is 0 Å². The van der Waals surface area contributed by atoms with Gasteiger partial charge in [0.15, 0.2) is 18.1 Å². The fourth-order valence-electron chi connectivity index (χ4n) is 3.27. The highest BCUT2D eigenvalue weighted by Crippen LogP contribution is 2.42. The highest BCUT2D eigenvalue weighted by molar-refractivity contribution is 6.00. The second-order valence-electron chi connectivity index (χ2n) is 7.10. The van der Waals surface area contributed by atoms with Crippen LogP contribution < -0.4 is 14.8 Å². The summed E-state index contributed by atoms with van der Waals surface area (Å²) >= 11 is 0. The van der Waals surface area contributed by atoms with E-state index in [9.17, 15) is 23.6 Å². The SMILES string of the molecule is CCCn1c(C)cc(C=C(C#N)C(=O)OCC(=O)Nc2ccc3c(c2)OC(F)(F)O3)c1C. The van der Waals surface area contributed by atoms with Crippen molar-refractivity contribution in [3.05, 3.63) is 46.8 Å². The number of esters is 1. The lowest BCUT2D eigenvalue weighted by molar-refractivity contribution is -0.286. The number of carbonyl (C=O) groups excluding carboxylic acids is 2. The molecule has 0 aliphatic carbocycles. The summed E-state index contributed by atoms with van der Waals surface area (Å²) in [5.41, 5.74) is 2.52. The number of halogens is 2. The van der Waals surface area contributed by atoms with Crippen molar-refractivity contribution in [3.8, 4) is 17.6 Å². The topological polar surface area (TPSA) is 103 Å². The zero-order chi connectivity index (χ0) is 23.5. The van der Waals surface area contributed by atoms with Crippen molar-refractivity contribution < 1.29 is 32.6 Å². The molecule has 1 aliphatic rings. The lowest BCUT2D eigenvalue weighted by Crippen LogP contribution is -2.25. The molecule has 1 N–H and O–H groups in total. The number of benzene rings is 1. The van der Waals surface area contributed by atoms with E-state index in [1.54, 1.807) is 6.07 Å². The maximum atomic E-state index is 13.1. The molecule has 0 spiro atoms. The highest BCUT2D eigenvalue weighted by Gasteiger charge is 2.43. The Morgan fingerprint density at radius 1 is 1.25 bits per heavy atom. The van der Waals surface area contributed by atoms with Gasteiger partial charge in [-0.1, -0.05) is 6.92 Å². The molecule has 1 aromatic heterocycles. The van der Waals surface area contributed by atoms with Gasteiger partial charge in [-0.05, 0) is 50.1 Å². The van der Waals surface area contributed by atoms with E-state index in [0.29, 0.717) is 5.56 Å². The Labute approximate surface area is 183 Å². The number of aryl methyl sites for hydroxylation is 1. The Hall–Kier alpha value is -3.87. The minimum atomic E-state index is -3.77. The van der Waals surface area contributed by atoms with E-state index in [-0.39, 0.29) is 22.8 Å². The Balaban J connectivity index is 1.61. The molecule has 0 radical (unpaired) electrons. The lowest BCUT2D eigenvalue weighted by atomic mass is 10.1. The van der Waals surface area contributed by atoms with Crippen LogP contribution in [-0.2, 0) is 20.9 Å². The van der Waals surface area contributed by atoms with Crippen molar-refractivity contribution in [1.29, 1.82) is 5.26 Å². The molecule has 0 atom stereocenters. The number of alkyl halides is 2. The fraction of sp³-hybridized carbons (Fsp3) is 0.318. The quantitative estimate of drug-likeness (QED) is 0.394. The molecule has 0 saturated heterocycles. The first kappa shape index (κ1) is 22.8. The molecule has 1 aromatic carbocycles. The summed E-state index contributed by atoms with van der Waals surface area (Å²) in [4.78, 5) is 24.3. The van der Waals surface area contributed by atoms with Gasteiger partial charge < -0.3 is 24.1 Å². The lowest BCUT2D eigenvalue weighted by Gasteiger charge is -2.08. The average Bonchev–Trinajstić information content (AvgIpc) is 3.18.